The smallest absolute Gasteiger partial charge is 0.343 e. The molecule has 3 aliphatic rings. The Hall–Kier alpha value is -1.51. The molecule has 0 spiro atoms. The van der Waals surface area contributed by atoms with Crippen LogP contribution in [0.15, 0.2) is 30.3 Å². The first-order valence-electron chi connectivity index (χ1n) is 8.38. The molecule has 0 aromatic heterocycles. The van der Waals surface area contributed by atoms with Gasteiger partial charge < -0.3 is 28.4 Å². The highest BCUT2D eigenvalue weighted by atomic mass is 16.9. The van der Waals surface area contributed by atoms with Crippen LogP contribution < -0.4 is 4.74 Å². The second kappa shape index (κ2) is 5.75. The summed E-state index contributed by atoms with van der Waals surface area (Å²) in [4.78, 5) is 12.7. The molecule has 4 rings (SSSR count). The maximum atomic E-state index is 12.7. The van der Waals surface area contributed by atoms with Crippen molar-refractivity contribution in [1.29, 1.82) is 0 Å². The first kappa shape index (κ1) is 16.9. The minimum atomic E-state index is -0.967. The maximum absolute atomic E-state index is 12.7. The third-order valence-electron chi connectivity index (χ3n) is 4.35. The third kappa shape index (κ3) is 3.18. The van der Waals surface area contributed by atoms with Gasteiger partial charge in [0, 0.05) is 0 Å². The lowest BCUT2D eigenvalue weighted by atomic mass is 9.99. The first-order chi connectivity index (χ1) is 11.7. The van der Waals surface area contributed by atoms with Crippen molar-refractivity contribution in [2.24, 2.45) is 0 Å². The van der Waals surface area contributed by atoms with Gasteiger partial charge in [-0.1, -0.05) is 18.2 Å². The Balaban J connectivity index is 1.58. The topological polar surface area (TPSA) is 72.5 Å². The fourth-order valence-electron chi connectivity index (χ4n) is 3.46. The van der Waals surface area contributed by atoms with Crippen LogP contribution in [0.1, 0.15) is 27.7 Å². The first-order valence-corrected chi connectivity index (χ1v) is 8.38. The molecule has 0 radical (unpaired) electrons. The number of benzene rings is 1. The van der Waals surface area contributed by atoms with E-state index >= 15 is 0 Å². The van der Waals surface area contributed by atoms with Gasteiger partial charge in [-0.2, -0.15) is 0 Å². The average Bonchev–Trinajstić information content (AvgIpc) is 3.01. The molecule has 1 aromatic rings. The SMILES string of the molecule is CC1(C)O[C@@H]2[C@@H](O1)[C@@H](C(=O)Oc1ccccc1)O[C@H]1OC(C)(C)O[C@@H]12. The summed E-state index contributed by atoms with van der Waals surface area (Å²) < 4.78 is 34.9. The van der Waals surface area contributed by atoms with Crippen molar-refractivity contribution >= 4 is 5.97 Å². The van der Waals surface area contributed by atoms with Gasteiger partial charge >= 0.3 is 5.97 Å². The van der Waals surface area contributed by atoms with Crippen molar-refractivity contribution in [3.8, 4) is 5.75 Å². The molecule has 7 heteroatoms. The fourth-order valence-corrected chi connectivity index (χ4v) is 3.46. The lowest BCUT2D eigenvalue weighted by Gasteiger charge is -2.35. The van der Waals surface area contributed by atoms with Gasteiger partial charge in [-0.3, -0.25) is 0 Å². The van der Waals surface area contributed by atoms with Crippen molar-refractivity contribution in [2.45, 2.75) is 70.0 Å². The summed E-state index contributed by atoms with van der Waals surface area (Å²) in [6, 6.07) is 8.83. The molecule has 5 atom stereocenters. The van der Waals surface area contributed by atoms with Crippen molar-refractivity contribution < 1.29 is 33.2 Å². The van der Waals surface area contributed by atoms with E-state index < -0.39 is 48.2 Å². The molecule has 3 aliphatic heterocycles. The van der Waals surface area contributed by atoms with Crippen LogP contribution in [0, 0.1) is 0 Å². The standard InChI is InChI=1S/C18H22O7/c1-17(2)22-11-12(23-17)14-16(25-18(3,4)24-14)21-13(11)15(19)20-10-8-6-5-7-9-10/h5-9,11-14,16H,1-4H3/t11-,12-,13+,14-,16+/m1/s1. The molecule has 1 aromatic carbocycles. The van der Waals surface area contributed by atoms with E-state index in [1.807, 2.05) is 6.07 Å². The van der Waals surface area contributed by atoms with Crippen molar-refractivity contribution in [1.82, 2.24) is 0 Å². The van der Waals surface area contributed by atoms with E-state index in [4.69, 9.17) is 28.4 Å². The van der Waals surface area contributed by atoms with Gasteiger partial charge in [0.15, 0.2) is 24.0 Å². The molecule has 0 amide bonds. The van der Waals surface area contributed by atoms with E-state index in [1.54, 1.807) is 52.0 Å². The monoisotopic (exact) mass is 350 g/mol. The van der Waals surface area contributed by atoms with Crippen molar-refractivity contribution in [3.05, 3.63) is 30.3 Å². The van der Waals surface area contributed by atoms with Gasteiger partial charge in [-0.25, -0.2) is 4.79 Å². The summed E-state index contributed by atoms with van der Waals surface area (Å²) in [7, 11) is 0. The molecule has 25 heavy (non-hydrogen) atoms. The normalized spacial score (nSPS) is 38.0. The molecular formula is C18H22O7. The van der Waals surface area contributed by atoms with E-state index in [-0.39, 0.29) is 0 Å². The largest absolute Gasteiger partial charge is 0.425 e. The van der Waals surface area contributed by atoms with Crippen molar-refractivity contribution in [3.63, 3.8) is 0 Å². The zero-order chi connectivity index (χ0) is 17.8. The average molecular weight is 350 g/mol. The highest BCUT2D eigenvalue weighted by Gasteiger charge is 2.62. The molecular weight excluding hydrogens is 328 g/mol. The van der Waals surface area contributed by atoms with Crippen LogP contribution in [0.25, 0.3) is 0 Å². The quantitative estimate of drug-likeness (QED) is 0.596. The lowest BCUT2D eigenvalue weighted by Crippen LogP contribution is -2.58. The van der Waals surface area contributed by atoms with Crippen LogP contribution in [0.3, 0.4) is 0 Å². The predicted octanol–water partition coefficient (Wildman–Crippen LogP) is 1.99. The van der Waals surface area contributed by atoms with Crippen LogP contribution in [0.5, 0.6) is 5.75 Å². The number of carbonyl (C=O) groups excluding carboxylic acids is 1. The second-order valence-corrected chi connectivity index (χ2v) is 7.32. The van der Waals surface area contributed by atoms with Crippen LogP contribution in [0.4, 0.5) is 0 Å². The Morgan fingerprint density at radius 2 is 1.48 bits per heavy atom. The molecule has 3 heterocycles. The van der Waals surface area contributed by atoms with E-state index in [0.29, 0.717) is 5.75 Å². The Bertz CT molecular complexity index is 657. The summed E-state index contributed by atoms with van der Waals surface area (Å²) in [6.07, 6.45) is -3.27. The molecule has 0 saturated carbocycles. The lowest BCUT2D eigenvalue weighted by molar-refractivity contribution is -0.236. The van der Waals surface area contributed by atoms with Crippen LogP contribution in [-0.2, 0) is 28.5 Å². The zero-order valence-electron chi connectivity index (χ0n) is 14.6. The van der Waals surface area contributed by atoms with Crippen LogP contribution in [-0.4, -0.2) is 48.2 Å². The summed E-state index contributed by atoms with van der Waals surface area (Å²) in [6.45, 7) is 7.17. The molecule has 0 N–H and O–H groups in total. The maximum Gasteiger partial charge on any atom is 0.343 e. The fraction of sp³-hybridized carbons (Fsp3) is 0.611. The van der Waals surface area contributed by atoms with Gasteiger partial charge in [0.1, 0.15) is 24.1 Å². The summed E-state index contributed by atoms with van der Waals surface area (Å²) >= 11 is 0. The number of rotatable bonds is 2. The number of hydrogen-bond acceptors (Lipinski definition) is 7. The number of para-hydroxylation sites is 1. The third-order valence-corrected chi connectivity index (χ3v) is 4.35. The minimum absolute atomic E-state index is 0.442. The van der Waals surface area contributed by atoms with Crippen LogP contribution >= 0.6 is 0 Å². The minimum Gasteiger partial charge on any atom is -0.425 e. The number of ether oxygens (including phenoxy) is 6. The Morgan fingerprint density at radius 3 is 2.20 bits per heavy atom. The molecule has 7 nitrogen and oxygen atoms in total. The van der Waals surface area contributed by atoms with Gasteiger partial charge in [0.2, 0.25) is 0 Å². The van der Waals surface area contributed by atoms with E-state index in [0.717, 1.165) is 0 Å². The van der Waals surface area contributed by atoms with E-state index in [9.17, 15) is 4.79 Å². The van der Waals surface area contributed by atoms with Crippen LogP contribution in [0.2, 0.25) is 0 Å². The van der Waals surface area contributed by atoms with Gasteiger partial charge in [0.05, 0.1) is 0 Å². The number of fused-ring (bicyclic) bond motifs is 3. The molecule has 0 unspecified atom stereocenters. The van der Waals surface area contributed by atoms with Gasteiger partial charge in [-0.05, 0) is 39.8 Å². The summed E-state index contributed by atoms with van der Waals surface area (Å²) in [5.74, 6) is -1.78. The summed E-state index contributed by atoms with van der Waals surface area (Å²) in [5, 5.41) is 0. The number of carbonyl (C=O) groups is 1. The molecule has 136 valence electrons. The van der Waals surface area contributed by atoms with Gasteiger partial charge in [0.25, 0.3) is 0 Å². The number of hydrogen-bond donors (Lipinski definition) is 0. The second-order valence-electron chi connectivity index (χ2n) is 7.32. The molecule has 0 aliphatic carbocycles. The highest BCUT2D eigenvalue weighted by molar-refractivity contribution is 5.78. The number of esters is 1. The molecule has 0 bridgehead atoms. The summed E-state index contributed by atoms with van der Waals surface area (Å²) in [5.41, 5.74) is 0. The van der Waals surface area contributed by atoms with E-state index in [1.165, 1.54) is 0 Å². The Morgan fingerprint density at radius 1 is 0.880 bits per heavy atom. The zero-order valence-corrected chi connectivity index (χ0v) is 14.6. The van der Waals surface area contributed by atoms with Gasteiger partial charge in [-0.15, -0.1) is 0 Å². The molecule has 3 fully saturated rings. The van der Waals surface area contributed by atoms with E-state index in [2.05, 4.69) is 0 Å². The van der Waals surface area contributed by atoms with Crippen molar-refractivity contribution in [2.75, 3.05) is 0 Å². The Labute approximate surface area is 146 Å². The predicted molar refractivity (Wildman–Crippen MR) is 84.6 cm³/mol. The molecule has 3 saturated heterocycles. The highest BCUT2D eigenvalue weighted by Crippen LogP contribution is 2.44. The Kier molecular flexibility index (Phi) is 3.90.